The van der Waals surface area contributed by atoms with Crippen molar-refractivity contribution in [1.82, 2.24) is 9.88 Å². The van der Waals surface area contributed by atoms with Crippen molar-refractivity contribution in [2.45, 2.75) is 52.2 Å². The summed E-state index contributed by atoms with van der Waals surface area (Å²) in [6.45, 7) is 8.45. The summed E-state index contributed by atoms with van der Waals surface area (Å²) in [5.41, 5.74) is 1.67. The molecule has 1 aromatic heterocycles. The van der Waals surface area contributed by atoms with Crippen LogP contribution in [0, 0.1) is 6.92 Å². The largest absolute Gasteiger partial charge is 0.444 e. The molecule has 1 atom stereocenters. The molecule has 0 N–H and O–H groups in total. The van der Waals surface area contributed by atoms with Crippen molar-refractivity contribution in [3.63, 3.8) is 0 Å². The van der Waals surface area contributed by atoms with Gasteiger partial charge in [0.05, 0.1) is 11.7 Å². The number of carbonyl (C=O) groups excluding carboxylic acids is 1. The number of likely N-dealkylation sites (tertiary alicyclic amines) is 1. The number of hydrogen-bond donors (Lipinski definition) is 0. The fraction of sp³-hybridized carbons (Fsp3) is 0.600. The Hall–Kier alpha value is -1.58. The number of pyridine rings is 1. The number of hydrogen-bond acceptors (Lipinski definition) is 3. The third kappa shape index (κ3) is 3.46. The fourth-order valence-electron chi connectivity index (χ4n) is 2.36. The van der Waals surface area contributed by atoms with Gasteiger partial charge in [0.25, 0.3) is 0 Å². The van der Waals surface area contributed by atoms with Crippen LogP contribution < -0.4 is 0 Å². The summed E-state index contributed by atoms with van der Waals surface area (Å²) >= 11 is 0. The molecule has 1 aromatic rings. The molecule has 1 amide bonds. The summed E-state index contributed by atoms with van der Waals surface area (Å²) < 4.78 is 5.46. The van der Waals surface area contributed by atoms with Crippen molar-refractivity contribution in [2.24, 2.45) is 0 Å². The van der Waals surface area contributed by atoms with Crippen molar-refractivity contribution in [3.05, 3.63) is 29.6 Å². The third-order valence-electron chi connectivity index (χ3n) is 3.16. The Morgan fingerprint density at radius 1 is 1.47 bits per heavy atom. The topological polar surface area (TPSA) is 42.4 Å². The second kappa shape index (κ2) is 5.19. The van der Waals surface area contributed by atoms with Gasteiger partial charge in [-0.3, -0.25) is 9.88 Å². The summed E-state index contributed by atoms with van der Waals surface area (Å²) in [4.78, 5) is 18.4. The van der Waals surface area contributed by atoms with Crippen molar-refractivity contribution in [3.8, 4) is 0 Å². The Morgan fingerprint density at radius 3 is 2.84 bits per heavy atom. The molecule has 104 valence electrons. The van der Waals surface area contributed by atoms with E-state index in [2.05, 4.69) is 4.98 Å². The van der Waals surface area contributed by atoms with Crippen LogP contribution in [0.2, 0.25) is 0 Å². The van der Waals surface area contributed by atoms with Gasteiger partial charge in [-0.25, -0.2) is 4.79 Å². The zero-order valence-corrected chi connectivity index (χ0v) is 12.1. The molecule has 19 heavy (non-hydrogen) atoms. The third-order valence-corrected chi connectivity index (χ3v) is 3.16. The molecule has 0 unspecified atom stereocenters. The van der Waals surface area contributed by atoms with E-state index in [-0.39, 0.29) is 12.1 Å². The molecule has 0 aromatic carbocycles. The second-order valence-corrected chi connectivity index (χ2v) is 6.09. The van der Waals surface area contributed by atoms with Crippen LogP contribution in [0.25, 0.3) is 0 Å². The van der Waals surface area contributed by atoms with E-state index in [1.54, 1.807) is 11.1 Å². The van der Waals surface area contributed by atoms with Crippen molar-refractivity contribution in [1.29, 1.82) is 0 Å². The molecule has 2 heterocycles. The molecule has 0 saturated carbocycles. The van der Waals surface area contributed by atoms with E-state index in [1.807, 2.05) is 39.8 Å². The summed E-state index contributed by atoms with van der Waals surface area (Å²) in [5.74, 6) is 0. The second-order valence-electron chi connectivity index (χ2n) is 6.09. The van der Waals surface area contributed by atoms with Gasteiger partial charge in [-0.1, -0.05) is 0 Å². The lowest BCUT2D eigenvalue weighted by molar-refractivity contribution is 0.0221. The molecular weight excluding hydrogens is 240 g/mol. The molecule has 0 radical (unpaired) electrons. The molecule has 4 heteroatoms. The minimum absolute atomic E-state index is 0.0507. The maximum Gasteiger partial charge on any atom is 0.410 e. The smallest absolute Gasteiger partial charge is 0.410 e. The van der Waals surface area contributed by atoms with E-state index < -0.39 is 5.60 Å². The molecule has 4 nitrogen and oxygen atoms in total. The standard InChI is InChI=1S/C15H22N2O2/c1-11-7-8-16-12(10-11)13-6-5-9-17(13)14(18)19-15(2,3)4/h7-8,10,13H,5-6,9H2,1-4H3/t13-/m1/s1. The van der Waals surface area contributed by atoms with Crippen LogP contribution in [-0.4, -0.2) is 28.1 Å². The van der Waals surface area contributed by atoms with Crippen LogP contribution in [0.15, 0.2) is 18.3 Å². The number of aromatic nitrogens is 1. The molecular formula is C15H22N2O2. The zero-order valence-electron chi connectivity index (χ0n) is 12.1. The van der Waals surface area contributed by atoms with Crippen LogP contribution in [0.3, 0.4) is 0 Å². The van der Waals surface area contributed by atoms with Crippen LogP contribution in [-0.2, 0) is 4.74 Å². The molecule has 0 spiro atoms. The summed E-state index contributed by atoms with van der Waals surface area (Å²) in [6.07, 6.45) is 3.52. The Labute approximate surface area is 114 Å². The molecule has 0 aliphatic carbocycles. The Kier molecular flexibility index (Phi) is 3.78. The number of ether oxygens (including phenoxy) is 1. The maximum absolute atomic E-state index is 12.2. The quantitative estimate of drug-likeness (QED) is 0.778. The fourth-order valence-corrected chi connectivity index (χ4v) is 2.36. The lowest BCUT2D eigenvalue weighted by Gasteiger charge is -2.28. The van der Waals surface area contributed by atoms with Gasteiger partial charge in [0.1, 0.15) is 5.60 Å². The first-order chi connectivity index (χ1) is 8.87. The minimum Gasteiger partial charge on any atom is -0.444 e. The van der Waals surface area contributed by atoms with Gasteiger partial charge in [-0.2, -0.15) is 0 Å². The van der Waals surface area contributed by atoms with Gasteiger partial charge in [0.15, 0.2) is 0 Å². The predicted molar refractivity (Wildman–Crippen MR) is 73.9 cm³/mol. The lowest BCUT2D eigenvalue weighted by atomic mass is 10.1. The van der Waals surface area contributed by atoms with E-state index >= 15 is 0 Å². The lowest BCUT2D eigenvalue weighted by Crippen LogP contribution is -2.36. The molecule has 1 saturated heterocycles. The van der Waals surface area contributed by atoms with Gasteiger partial charge >= 0.3 is 6.09 Å². The minimum atomic E-state index is -0.454. The first kappa shape index (κ1) is 13.8. The van der Waals surface area contributed by atoms with Gasteiger partial charge in [-0.15, -0.1) is 0 Å². The Balaban J connectivity index is 2.15. The number of nitrogens with zero attached hydrogens (tertiary/aromatic N) is 2. The average Bonchev–Trinajstić information content (AvgIpc) is 2.75. The molecule has 1 aliphatic heterocycles. The Morgan fingerprint density at radius 2 is 2.21 bits per heavy atom. The Bertz CT molecular complexity index is 465. The highest BCUT2D eigenvalue weighted by Gasteiger charge is 2.33. The van der Waals surface area contributed by atoms with E-state index in [9.17, 15) is 4.79 Å². The van der Waals surface area contributed by atoms with Crippen LogP contribution in [0.1, 0.15) is 50.9 Å². The summed E-state index contributed by atoms with van der Waals surface area (Å²) in [5, 5.41) is 0. The summed E-state index contributed by atoms with van der Waals surface area (Å²) in [6, 6.07) is 4.07. The monoisotopic (exact) mass is 262 g/mol. The predicted octanol–water partition coefficient (Wildman–Crippen LogP) is 3.46. The number of amides is 1. The normalized spacial score (nSPS) is 19.6. The van der Waals surface area contributed by atoms with Crippen molar-refractivity contribution >= 4 is 6.09 Å². The maximum atomic E-state index is 12.2. The van der Waals surface area contributed by atoms with Crippen LogP contribution in [0.5, 0.6) is 0 Å². The SMILES string of the molecule is Cc1ccnc([C@H]2CCCN2C(=O)OC(C)(C)C)c1. The molecule has 2 rings (SSSR count). The van der Waals surface area contributed by atoms with Crippen molar-refractivity contribution in [2.75, 3.05) is 6.54 Å². The zero-order chi connectivity index (χ0) is 14.0. The molecule has 0 bridgehead atoms. The highest BCUT2D eigenvalue weighted by atomic mass is 16.6. The van der Waals surface area contributed by atoms with Gasteiger partial charge in [-0.05, 0) is 58.2 Å². The van der Waals surface area contributed by atoms with Crippen molar-refractivity contribution < 1.29 is 9.53 Å². The first-order valence-electron chi connectivity index (χ1n) is 6.79. The van der Waals surface area contributed by atoms with E-state index in [4.69, 9.17) is 4.74 Å². The molecule has 1 fully saturated rings. The summed E-state index contributed by atoms with van der Waals surface area (Å²) in [7, 11) is 0. The van der Waals surface area contributed by atoms with Gasteiger partial charge in [0.2, 0.25) is 0 Å². The van der Waals surface area contributed by atoms with Gasteiger partial charge in [0, 0.05) is 12.7 Å². The number of carbonyl (C=O) groups is 1. The highest BCUT2D eigenvalue weighted by molar-refractivity contribution is 5.69. The van der Waals surface area contributed by atoms with E-state index in [0.717, 1.165) is 25.1 Å². The van der Waals surface area contributed by atoms with E-state index in [1.165, 1.54) is 5.56 Å². The number of aryl methyl sites for hydroxylation is 1. The number of rotatable bonds is 1. The van der Waals surface area contributed by atoms with Crippen LogP contribution >= 0.6 is 0 Å². The average molecular weight is 262 g/mol. The molecule has 1 aliphatic rings. The first-order valence-corrected chi connectivity index (χ1v) is 6.79. The van der Waals surface area contributed by atoms with Crippen LogP contribution in [0.4, 0.5) is 4.79 Å². The van der Waals surface area contributed by atoms with E-state index in [0.29, 0.717) is 0 Å². The van der Waals surface area contributed by atoms with Gasteiger partial charge < -0.3 is 4.74 Å². The highest BCUT2D eigenvalue weighted by Crippen LogP contribution is 2.32.